The number of anilines is 1. The van der Waals surface area contributed by atoms with Crippen LogP contribution in [0.1, 0.15) is 37.9 Å². The van der Waals surface area contributed by atoms with E-state index >= 15 is 0 Å². The molecule has 0 aliphatic heterocycles. The van der Waals surface area contributed by atoms with Gasteiger partial charge in [0.25, 0.3) is 0 Å². The van der Waals surface area contributed by atoms with Crippen LogP contribution in [0.3, 0.4) is 0 Å². The van der Waals surface area contributed by atoms with Crippen LogP contribution in [-0.4, -0.2) is 25.2 Å². The Labute approximate surface area is 163 Å². The Bertz CT molecular complexity index is 927. The fraction of sp³-hybridized carbons (Fsp3) is 0.375. The van der Waals surface area contributed by atoms with Crippen molar-refractivity contribution < 1.29 is 4.74 Å². The summed E-state index contributed by atoms with van der Waals surface area (Å²) in [5.41, 5.74) is 5.75. The van der Waals surface area contributed by atoms with E-state index in [9.17, 15) is 0 Å². The first-order valence-electron chi connectivity index (χ1n) is 9.90. The Hall–Kier alpha value is -2.55. The number of hydrogen-bond acceptors (Lipinski definition) is 3. The highest BCUT2D eigenvalue weighted by atomic mass is 16.5. The lowest BCUT2D eigenvalue weighted by Crippen LogP contribution is -2.26. The summed E-state index contributed by atoms with van der Waals surface area (Å²) < 4.78 is 5.46. The van der Waals surface area contributed by atoms with Gasteiger partial charge in [-0.1, -0.05) is 44.2 Å². The van der Waals surface area contributed by atoms with Crippen molar-refractivity contribution in [3.8, 4) is 17.0 Å². The van der Waals surface area contributed by atoms with Crippen molar-refractivity contribution in [3.05, 3.63) is 53.7 Å². The molecule has 1 heterocycles. The van der Waals surface area contributed by atoms with E-state index in [0.717, 1.165) is 48.6 Å². The van der Waals surface area contributed by atoms with E-state index < -0.39 is 0 Å². The first kappa shape index (κ1) is 19.2. The number of aromatic nitrogens is 1. The fourth-order valence-corrected chi connectivity index (χ4v) is 3.83. The van der Waals surface area contributed by atoms with Crippen molar-refractivity contribution in [3.63, 3.8) is 0 Å². The summed E-state index contributed by atoms with van der Waals surface area (Å²) in [4.78, 5) is 7.59. The zero-order valence-electron chi connectivity index (χ0n) is 17.2. The minimum absolute atomic E-state index is 0.863. The average Bonchev–Trinajstić information content (AvgIpc) is 2.68. The predicted octanol–water partition coefficient (Wildman–Crippen LogP) is 6.15. The van der Waals surface area contributed by atoms with Crippen LogP contribution in [0, 0.1) is 13.8 Å². The van der Waals surface area contributed by atoms with Crippen LogP contribution in [0.25, 0.3) is 22.0 Å². The number of hydrogen-bond donors (Lipinski definition) is 0. The molecule has 0 unspecified atom stereocenters. The van der Waals surface area contributed by atoms with Gasteiger partial charge in [0.2, 0.25) is 0 Å². The summed E-state index contributed by atoms with van der Waals surface area (Å²) in [7, 11) is 1.71. The quantitative estimate of drug-likeness (QED) is 0.504. The number of aryl methyl sites for hydroxylation is 2. The number of pyridine rings is 1. The maximum atomic E-state index is 5.46. The molecule has 0 amide bonds. The Morgan fingerprint density at radius 1 is 0.926 bits per heavy atom. The van der Waals surface area contributed by atoms with E-state index in [1.165, 1.54) is 22.0 Å². The lowest BCUT2D eigenvalue weighted by Gasteiger charge is -2.27. The van der Waals surface area contributed by atoms with E-state index in [1.807, 2.05) is 6.07 Å². The predicted molar refractivity (Wildman–Crippen MR) is 116 cm³/mol. The Morgan fingerprint density at radius 3 is 2.22 bits per heavy atom. The molecule has 142 valence electrons. The lowest BCUT2D eigenvalue weighted by atomic mass is 9.97. The smallest absolute Gasteiger partial charge is 0.119 e. The molecule has 0 radical (unpaired) electrons. The number of nitrogens with zero attached hydrogens (tertiary/aromatic N) is 2. The minimum atomic E-state index is 0.863. The van der Waals surface area contributed by atoms with E-state index in [0.29, 0.717) is 0 Å². The first-order valence-corrected chi connectivity index (χ1v) is 9.90. The van der Waals surface area contributed by atoms with Crippen molar-refractivity contribution in [1.29, 1.82) is 0 Å². The molecule has 0 N–H and O–H groups in total. The minimum Gasteiger partial charge on any atom is -0.497 e. The van der Waals surface area contributed by atoms with Gasteiger partial charge in [-0.05, 0) is 44.4 Å². The molecule has 27 heavy (non-hydrogen) atoms. The summed E-state index contributed by atoms with van der Waals surface area (Å²) in [6, 6.07) is 14.9. The molecule has 3 aromatic rings. The SMILES string of the molecule is CCCN(CCC)c1c(C)nc(-c2cc(OC)ccc2C)c2ccccc12. The molecule has 0 aliphatic rings. The van der Waals surface area contributed by atoms with Gasteiger partial charge in [0.15, 0.2) is 0 Å². The second-order valence-electron chi connectivity index (χ2n) is 7.11. The molecular weight excluding hydrogens is 332 g/mol. The van der Waals surface area contributed by atoms with Crippen molar-refractivity contribution in [1.82, 2.24) is 4.98 Å². The molecule has 0 fully saturated rings. The van der Waals surface area contributed by atoms with E-state index in [1.54, 1.807) is 7.11 Å². The van der Waals surface area contributed by atoms with Gasteiger partial charge in [-0.15, -0.1) is 0 Å². The molecule has 0 saturated heterocycles. The topological polar surface area (TPSA) is 25.4 Å². The van der Waals surface area contributed by atoms with E-state index in [-0.39, 0.29) is 0 Å². The molecule has 0 aliphatic carbocycles. The second-order valence-corrected chi connectivity index (χ2v) is 7.11. The van der Waals surface area contributed by atoms with Gasteiger partial charge in [-0.25, -0.2) is 0 Å². The molecule has 3 rings (SSSR count). The fourth-order valence-electron chi connectivity index (χ4n) is 3.83. The molecule has 0 atom stereocenters. The number of benzene rings is 2. The zero-order chi connectivity index (χ0) is 19.4. The monoisotopic (exact) mass is 362 g/mol. The zero-order valence-corrected chi connectivity index (χ0v) is 17.2. The molecule has 3 nitrogen and oxygen atoms in total. The molecule has 1 aromatic heterocycles. The van der Waals surface area contributed by atoms with Gasteiger partial charge in [-0.2, -0.15) is 0 Å². The van der Waals surface area contributed by atoms with E-state index in [4.69, 9.17) is 9.72 Å². The Morgan fingerprint density at radius 2 is 1.59 bits per heavy atom. The number of ether oxygens (including phenoxy) is 1. The summed E-state index contributed by atoms with van der Waals surface area (Å²) in [6.07, 6.45) is 2.26. The highest BCUT2D eigenvalue weighted by Gasteiger charge is 2.18. The first-order chi connectivity index (χ1) is 13.1. The van der Waals surface area contributed by atoms with Crippen LogP contribution in [0.4, 0.5) is 5.69 Å². The van der Waals surface area contributed by atoms with E-state index in [2.05, 4.69) is 69.0 Å². The van der Waals surface area contributed by atoms with Gasteiger partial charge in [-0.3, -0.25) is 4.98 Å². The largest absolute Gasteiger partial charge is 0.497 e. The third-order valence-corrected chi connectivity index (χ3v) is 5.06. The van der Waals surface area contributed by atoms with Gasteiger partial charge < -0.3 is 9.64 Å². The summed E-state index contributed by atoms with van der Waals surface area (Å²) >= 11 is 0. The van der Waals surface area contributed by atoms with Gasteiger partial charge in [0.05, 0.1) is 24.2 Å². The maximum Gasteiger partial charge on any atom is 0.119 e. The van der Waals surface area contributed by atoms with Crippen molar-refractivity contribution in [2.24, 2.45) is 0 Å². The highest BCUT2D eigenvalue weighted by molar-refractivity contribution is 6.03. The number of methoxy groups -OCH3 is 1. The Balaban J connectivity index is 2.28. The average molecular weight is 363 g/mol. The molecule has 0 spiro atoms. The highest BCUT2D eigenvalue weighted by Crippen LogP contribution is 2.37. The van der Waals surface area contributed by atoms with Crippen molar-refractivity contribution >= 4 is 16.5 Å². The number of rotatable bonds is 7. The van der Waals surface area contributed by atoms with Crippen molar-refractivity contribution in [2.45, 2.75) is 40.5 Å². The van der Waals surface area contributed by atoms with Crippen LogP contribution in [-0.2, 0) is 0 Å². The second kappa shape index (κ2) is 8.43. The summed E-state index contributed by atoms with van der Waals surface area (Å²) in [5, 5.41) is 2.48. The third kappa shape index (κ3) is 3.78. The molecule has 2 aromatic carbocycles. The lowest BCUT2D eigenvalue weighted by molar-refractivity contribution is 0.415. The van der Waals surface area contributed by atoms with Crippen LogP contribution < -0.4 is 9.64 Å². The number of fused-ring (bicyclic) bond motifs is 1. The molecule has 0 bridgehead atoms. The van der Waals surface area contributed by atoms with Crippen LogP contribution in [0.15, 0.2) is 42.5 Å². The maximum absolute atomic E-state index is 5.46. The van der Waals surface area contributed by atoms with Crippen LogP contribution >= 0.6 is 0 Å². The van der Waals surface area contributed by atoms with Gasteiger partial charge >= 0.3 is 0 Å². The summed E-state index contributed by atoms with van der Waals surface area (Å²) in [6.45, 7) is 10.9. The van der Waals surface area contributed by atoms with Crippen LogP contribution in [0.2, 0.25) is 0 Å². The van der Waals surface area contributed by atoms with Crippen molar-refractivity contribution in [2.75, 3.05) is 25.1 Å². The standard InChI is InChI=1S/C24H30N2O/c1-6-14-26(15-7-2)24-18(4)25-23(20-10-8-9-11-21(20)24)22-16-19(27-5)13-12-17(22)3/h8-13,16H,6-7,14-15H2,1-5H3. The van der Waals surface area contributed by atoms with Gasteiger partial charge in [0, 0.05) is 29.4 Å². The van der Waals surface area contributed by atoms with Crippen LogP contribution in [0.5, 0.6) is 5.75 Å². The Kier molecular flexibility index (Phi) is 6.00. The normalized spacial score (nSPS) is 11.0. The third-order valence-electron chi connectivity index (χ3n) is 5.06. The van der Waals surface area contributed by atoms with Gasteiger partial charge in [0.1, 0.15) is 5.75 Å². The summed E-state index contributed by atoms with van der Waals surface area (Å²) in [5.74, 6) is 0.863. The molecule has 3 heteroatoms. The molecule has 0 saturated carbocycles. The molecular formula is C24H30N2O.